The summed E-state index contributed by atoms with van der Waals surface area (Å²) in [6.07, 6.45) is 2.75. The molecule has 3 aromatic rings. The minimum atomic E-state index is 0.751. The largest absolute Gasteiger partial charge is 0.385 e. The lowest BCUT2D eigenvalue weighted by atomic mass is 10.2. The minimum Gasteiger partial charge on any atom is -0.385 e. The van der Waals surface area contributed by atoms with Crippen LogP contribution < -0.4 is 5.32 Å². The number of nitrogens with zero attached hydrogens (tertiary/aromatic N) is 2. The molecule has 0 aliphatic rings. The Balaban J connectivity index is 1.78. The van der Waals surface area contributed by atoms with Gasteiger partial charge in [0.1, 0.15) is 5.82 Å². The van der Waals surface area contributed by atoms with Gasteiger partial charge in [0, 0.05) is 31.2 Å². The van der Waals surface area contributed by atoms with Crippen LogP contribution >= 0.6 is 11.3 Å². The maximum absolute atomic E-state index is 5.04. The molecule has 0 atom stereocenters. The van der Waals surface area contributed by atoms with Crippen molar-refractivity contribution in [3.63, 3.8) is 0 Å². The Labute approximate surface area is 127 Å². The van der Waals surface area contributed by atoms with Crippen molar-refractivity contribution in [3.8, 4) is 10.7 Å². The molecule has 0 bridgehead atoms. The van der Waals surface area contributed by atoms with Gasteiger partial charge in [0.25, 0.3) is 0 Å². The number of thiophene rings is 1. The number of rotatable bonds is 6. The van der Waals surface area contributed by atoms with Gasteiger partial charge in [0.2, 0.25) is 0 Å². The molecule has 0 spiro atoms. The van der Waals surface area contributed by atoms with Crippen molar-refractivity contribution in [3.05, 3.63) is 42.6 Å². The number of aromatic nitrogens is 2. The van der Waals surface area contributed by atoms with Crippen molar-refractivity contribution in [2.75, 3.05) is 25.6 Å². The molecule has 0 unspecified atom stereocenters. The summed E-state index contributed by atoms with van der Waals surface area (Å²) >= 11 is 1.72. The van der Waals surface area contributed by atoms with E-state index in [0.717, 1.165) is 36.1 Å². The molecule has 0 amide bonds. The van der Waals surface area contributed by atoms with E-state index in [-0.39, 0.29) is 0 Å². The van der Waals surface area contributed by atoms with Gasteiger partial charge in [-0.25, -0.2) is 9.97 Å². The van der Waals surface area contributed by atoms with E-state index < -0.39 is 0 Å². The summed E-state index contributed by atoms with van der Waals surface area (Å²) in [4.78, 5) is 10.1. The third-order valence-electron chi connectivity index (χ3n) is 3.13. The van der Waals surface area contributed by atoms with Gasteiger partial charge >= 0.3 is 0 Å². The third-order valence-corrected chi connectivity index (χ3v) is 4.24. The normalized spacial score (nSPS) is 10.9. The van der Waals surface area contributed by atoms with Crippen LogP contribution in [0.1, 0.15) is 6.42 Å². The van der Waals surface area contributed by atoms with Crippen molar-refractivity contribution < 1.29 is 4.74 Å². The zero-order valence-corrected chi connectivity index (χ0v) is 12.7. The Bertz CT molecular complexity index is 693. The van der Waals surface area contributed by atoms with Gasteiger partial charge in [-0.15, -0.1) is 11.3 Å². The van der Waals surface area contributed by atoms with Crippen LogP contribution in [0.3, 0.4) is 0 Å². The summed E-state index contributed by atoms with van der Waals surface area (Å²) in [5.41, 5.74) is 0. The lowest BCUT2D eigenvalue weighted by Crippen LogP contribution is -2.06. The summed E-state index contributed by atoms with van der Waals surface area (Å²) in [5.74, 6) is 1.63. The van der Waals surface area contributed by atoms with E-state index in [0.29, 0.717) is 0 Å². The van der Waals surface area contributed by atoms with Gasteiger partial charge in [-0.1, -0.05) is 18.2 Å². The molecule has 1 N–H and O–H groups in total. The number of methoxy groups -OCH3 is 1. The van der Waals surface area contributed by atoms with E-state index in [1.54, 1.807) is 24.6 Å². The zero-order valence-electron chi connectivity index (χ0n) is 11.9. The Morgan fingerprint density at radius 3 is 3.00 bits per heavy atom. The van der Waals surface area contributed by atoms with Gasteiger partial charge in [-0.2, -0.15) is 0 Å². The van der Waals surface area contributed by atoms with Gasteiger partial charge in [0.15, 0.2) is 5.82 Å². The summed E-state index contributed by atoms with van der Waals surface area (Å²) in [6.45, 7) is 1.60. The monoisotopic (exact) mass is 299 g/mol. The van der Waals surface area contributed by atoms with Crippen LogP contribution in [0.15, 0.2) is 42.6 Å². The maximum atomic E-state index is 5.04. The Morgan fingerprint density at radius 2 is 2.14 bits per heavy atom. The Morgan fingerprint density at radius 1 is 1.24 bits per heavy atom. The highest BCUT2D eigenvalue weighted by atomic mass is 32.1. The van der Waals surface area contributed by atoms with Crippen molar-refractivity contribution >= 4 is 27.2 Å². The molecule has 108 valence electrons. The molecule has 0 aliphatic carbocycles. The third kappa shape index (κ3) is 3.37. The first-order valence-corrected chi connectivity index (χ1v) is 7.73. The van der Waals surface area contributed by atoms with Crippen LogP contribution in [0.4, 0.5) is 5.82 Å². The summed E-state index contributed by atoms with van der Waals surface area (Å²) in [6, 6.07) is 12.4. The van der Waals surface area contributed by atoms with E-state index in [9.17, 15) is 0 Å². The number of fused-ring (bicyclic) bond motifs is 1. The lowest BCUT2D eigenvalue weighted by Gasteiger charge is -2.05. The second kappa shape index (κ2) is 6.65. The summed E-state index contributed by atoms with van der Waals surface area (Å²) < 4.78 is 6.29. The van der Waals surface area contributed by atoms with Crippen molar-refractivity contribution in [2.45, 2.75) is 6.42 Å². The van der Waals surface area contributed by atoms with Crippen LogP contribution in [0.5, 0.6) is 0 Å². The summed E-state index contributed by atoms with van der Waals surface area (Å²) in [5, 5.41) is 4.53. The molecule has 4 nitrogen and oxygen atoms in total. The first-order valence-electron chi connectivity index (χ1n) is 6.91. The fraction of sp³-hybridized carbons (Fsp3) is 0.250. The molecule has 21 heavy (non-hydrogen) atoms. The van der Waals surface area contributed by atoms with Crippen LogP contribution in [0, 0.1) is 0 Å². The second-order valence-corrected chi connectivity index (χ2v) is 5.77. The molecule has 2 heterocycles. The zero-order chi connectivity index (χ0) is 14.5. The topological polar surface area (TPSA) is 47.0 Å². The van der Waals surface area contributed by atoms with E-state index in [1.807, 2.05) is 12.1 Å². The quantitative estimate of drug-likeness (QED) is 0.703. The van der Waals surface area contributed by atoms with Gasteiger partial charge in [-0.05, 0) is 30.0 Å². The second-order valence-electron chi connectivity index (χ2n) is 4.69. The fourth-order valence-corrected chi connectivity index (χ4v) is 3.10. The number of anilines is 1. The number of hydrogen-bond acceptors (Lipinski definition) is 5. The molecule has 0 saturated heterocycles. The van der Waals surface area contributed by atoms with Crippen LogP contribution in [0.2, 0.25) is 0 Å². The molecular weight excluding hydrogens is 282 g/mol. The van der Waals surface area contributed by atoms with Gasteiger partial charge < -0.3 is 10.1 Å². The molecule has 0 fully saturated rings. The number of benzene rings is 1. The highest BCUT2D eigenvalue weighted by Crippen LogP contribution is 2.31. The van der Waals surface area contributed by atoms with Crippen molar-refractivity contribution in [2.24, 2.45) is 0 Å². The maximum Gasteiger partial charge on any atom is 0.171 e. The molecule has 0 saturated carbocycles. The van der Waals surface area contributed by atoms with Crippen molar-refractivity contribution in [1.29, 1.82) is 0 Å². The molecule has 3 rings (SSSR count). The number of nitrogens with one attached hydrogen (secondary N) is 1. The first kappa shape index (κ1) is 14.0. The Hall–Kier alpha value is -1.98. The van der Waals surface area contributed by atoms with E-state index >= 15 is 0 Å². The summed E-state index contributed by atoms with van der Waals surface area (Å²) in [7, 11) is 1.71. The fourth-order valence-electron chi connectivity index (χ4n) is 2.10. The highest BCUT2D eigenvalue weighted by molar-refractivity contribution is 7.22. The average molecular weight is 299 g/mol. The molecule has 0 radical (unpaired) electrons. The Kier molecular flexibility index (Phi) is 4.43. The molecule has 1 aromatic carbocycles. The van der Waals surface area contributed by atoms with Crippen molar-refractivity contribution in [1.82, 2.24) is 9.97 Å². The minimum absolute atomic E-state index is 0.751. The van der Waals surface area contributed by atoms with Crippen LogP contribution in [-0.4, -0.2) is 30.2 Å². The van der Waals surface area contributed by atoms with Gasteiger partial charge in [0.05, 0.1) is 4.88 Å². The molecule has 0 aliphatic heterocycles. The smallest absolute Gasteiger partial charge is 0.171 e. The molecular formula is C16H17N3OS. The first-order chi connectivity index (χ1) is 10.4. The predicted octanol–water partition coefficient (Wildman–Crippen LogP) is 3.81. The highest BCUT2D eigenvalue weighted by Gasteiger charge is 2.07. The lowest BCUT2D eigenvalue weighted by molar-refractivity contribution is 0.198. The number of hydrogen-bond donors (Lipinski definition) is 1. The van der Waals surface area contributed by atoms with Gasteiger partial charge in [-0.3, -0.25) is 0 Å². The van der Waals surface area contributed by atoms with E-state index in [2.05, 4.69) is 39.6 Å². The number of ether oxygens (including phenoxy) is 1. The van der Waals surface area contributed by atoms with E-state index in [1.165, 1.54) is 10.1 Å². The van der Waals surface area contributed by atoms with E-state index in [4.69, 9.17) is 4.74 Å². The standard InChI is InChI=1S/C16H17N3OS/c1-20-10-4-8-17-15-7-9-18-16(19-15)14-11-12-5-2-3-6-13(12)21-14/h2-3,5-7,9,11H,4,8,10H2,1H3,(H,17,18,19). The SMILES string of the molecule is COCCCNc1ccnc(-c2cc3ccccc3s2)n1. The average Bonchev–Trinajstić information content (AvgIpc) is 2.96. The molecule has 5 heteroatoms. The van der Waals surface area contributed by atoms with Crippen LogP contribution in [0.25, 0.3) is 20.8 Å². The molecule has 2 aromatic heterocycles. The predicted molar refractivity (Wildman–Crippen MR) is 87.8 cm³/mol. The van der Waals surface area contributed by atoms with Crippen LogP contribution in [-0.2, 0) is 4.74 Å².